The van der Waals surface area contributed by atoms with E-state index in [2.05, 4.69) is 5.32 Å². The van der Waals surface area contributed by atoms with Crippen LogP contribution in [0.1, 0.15) is 30.0 Å². The Morgan fingerprint density at radius 2 is 1.43 bits per heavy atom. The lowest BCUT2D eigenvalue weighted by atomic mass is 10.0. The van der Waals surface area contributed by atoms with Gasteiger partial charge >= 0.3 is 0 Å². The van der Waals surface area contributed by atoms with Gasteiger partial charge in [-0.05, 0) is 59.5 Å². The zero-order valence-corrected chi connectivity index (χ0v) is 27.3. The Morgan fingerprint density at radius 1 is 0.804 bits per heavy atom. The van der Waals surface area contributed by atoms with Crippen LogP contribution in [0.15, 0.2) is 109 Å². The van der Waals surface area contributed by atoms with Gasteiger partial charge in [-0.2, -0.15) is 0 Å². The van der Waals surface area contributed by atoms with Gasteiger partial charge in [0, 0.05) is 19.5 Å². The predicted molar refractivity (Wildman–Crippen MR) is 180 cm³/mol. The van der Waals surface area contributed by atoms with Gasteiger partial charge in [0.2, 0.25) is 21.8 Å². The van der Waals surface area contributed by atoms with Gasteiger partial charge in [0.1, 0.15) is 30.7 Å². The molecule has 0 heterocycles. The molecule has 4 rings (SSSR count). The van der Waals surface area contributed by atoms with Crippen LogP contribution in [-0.2, 0) is 39.2 Å². The zero-order chi connectivity index (χ0) is 32.9. The molecule has 242 valence electrons. The molecule has 0 aliphatic heterocycles. The van der Waals surface area contributed by atoms with E-state index in [0.29, 0.717) is 30.3 Å². The first-order valence-corrected chi connectivity index (χ1v) is 17.0. The van der Waals surface area contributed by atoms with E-state index in [-0.39, 0.29) is 18.9 Å². The Kier molecular flexibility index (Phi) is 12.2. The molecule has 4 aromatic carbocycles. The van der Waals surface area contributed by atoms with Crippen LogP contribution in [0, 0.1) is 0 Å². The van der Waals surface area contributed by atoms with Crippen molar-refractivity contribution in [2.75, 3.05) is 30.8 Å². The Balaban J connectivity index is 1.64. The quantitative estimate of drug-likeness (QED) is 0.180. The van der Waals surface area contributed by atoms with Crippen molar-refractivity contribution >= 4 is 27.5 Å². The molecule has 1 atom stereocenters. The molecule has 9 nitrogen and oxygen atoms in total. The molecule has 2 amide bonds. The maximum absolute atomic E-state index is 14.3. The van der Waals surface area contributed by atoms with Crippen molar-refractivity contribution in [2.24, 2.45) is 0 Å². The van der Waals surface area contributed by atoms with Crippen LogP contribution in [0.25, 0.3) is 0 Å². The summed E-state index contributed by atoms with van der Waals surface area (Å²) < 4.78 is 38.5. The van der Waals surface area contributed by atoms with Crippen LogP contribution in [0.4, 0.5) is 5.69 Å². The number of amides is 2. The summed E-state index contributed by atoms with van der Waals surface area (Å²) in [7, 11) is -2.34. The molecule has 0 aromatic heterocycles. The van der Waals surface area contributed by atoms with Gasteiger partial charge in [0.05, 0.1) is 19.1 Å². The lowest BCUT2D eigenvalue weighted by molar-refractivity contribution is -0.140. The largest absolute Gasteiger partial charge is 0.497 e. The minimum Gasteiger partial charge on any atom is -0.497 e. The summed E-state index contributed by atoms with van der Waals surface area (Å²) in [4.78, 5) is 29.4. The van der Waals surface area contributed by atoms with Crippen LogP contribution in [-0.4, -0.2) is 57.6 Å². The Labute approximate surface area is 271 Å². The Bertz CT molecular complexity index is 1670. The Hall–Kier alpha value is -4.83. The minimum absolute atomic E-state index is 0.0664. The van der Waals surface area contributed by atoms with Crippen LogP contribution in [0.3, 0.4) is 0 Å². The number of anilines is 1. The number of hydrogen-bond donors (Lipinski definition) is 1. The van der Waals surface area contributed by atoms with Crippen LogP contribution in [0.5, 0.6) is 11.5 Å². The normalized spacial score (nSPS) is 11.7. The molecule has 0 fully saturated rings. The fourth-order valence-corrected chi connectivity index (χ4v) is 5.80. The zero-order valence-electron chi connectivity index (χ0n) is 26.5. The molecule has 0 radical (unpaired) electrons. The van der Waals surface area contributed by atoms with E-state index in [1.54, 1.807) is 43.5 Å². The number of carbonyl (C=O) groups is 2. The number of ether oxygens (including phenoxy) is 2. The minimum atomic E-state index is -3.89. The van der Waals surface area contributed by atoms with Gasteiger partial charge in [-0.3, -0.25) is 13.9 Å². The van der Waals surface area contributed by atoms with E-state index in [0.717, 1.165) is 33.7 Å². The molecule has 4 aromatic rings. The molecule has 0 aliphatic rings. The molecule has 1 unspecified atom stereocenters. The molecule has 0 spiro atoms. The second-order valence-corrected chi connectivity index (χ2v) is 12.8. The molecule has 0 aliphatic carbocycles. The monoisotopic (exact) mass is 643 g/mol. The highest BCUT2D eigenvalue weighted by Gasteiger charge is 2.33. The van der Waals surface area contributed by atoms with Crippen LogP contribution in [0.2, 0.25) is 0 Å². The summed E-state index contributed by atoms with van der Waals surface area (Å²) in [6, 6.07) is 32.0. The molecular weight excluding hydrogens is 602 g/mol. The number of nitrogens with zero attached hydrogens (tertiary/aromatic N) is 2. The molecular formula is C36H41N3O6S. The standard InChI is InChI=1S/C36H41N3O6S/c1-4-22-37-36(41)34(24-28-12-7-5-8-13-28)38(25-30-16-11-17-33(23-30)44-2)35(40)26-39(46(3,42)43)31-18-20-32(21-19-31)45-27-29-14-9-6-10-15-29/h5-21,23,34H,4,22,24-27H2,1-3H3,(H,37,41). The van der Waals surface area contributed by atoms with Gasteiger partial charge in [0.25, 0.3) is 0 Å². The SMILES string of the molecule is CCCNC(=O)C(Cc1ccccc1)N(Cc1cccc(OC)c1)C(=O)CN(c1ccc(OCc2ccccc2)cc1)S(C)(=O)=O. The highest BCUT2D eigenvalue weighted by atomic mass is 32.2. The highest BCUT2D eigenvalue weighted by molar-refractivity contribution is 7.92. The van der Waals surface area contributed by atoms with Crippen molar-refractivity contribution in [1.82, 2.24) is 10.2 Å². The third kappa shape index (κ3) is 9.84. The molecule has 0 saturated heterocycles. The fraction of sp³-hybridized carbons (Fsp3) is 0.278. The van der Waals surface area contributed by atoms with Gasteiger partial charge in [0.15, 0.2) is 0 Å². The number of nitrogens with one attached hydrogen (secondary N) is 1. The van der Waals surface area contributed by atoms with Crippen molar-refractivity contribution < 1.29 is 27.5 Å². The third-order valence-corrected chi connectivity index (χ3v) is 8.50. The van der Waals surface area contributed by atoms with E-state index in [4.69, 9.17) is 9.47 Å². The second kappa shape index (κ2) is 16.5. The number of rotatable bonds is 16. The van der Waals surface area contributed by atoms with Crippen molar-refractivity contribution in [1.29, 1.82) is 0 Å². The van der Waals surface area contributed by atoms with E-state index in [1.807, 2.05) is 79.7 Å². The fourth-order valence-electron chi connectivity index (χ4n) is 4.95. The average molecular weight is 644 g/mol. The molecule has 10 heteroatoms. The van der Waals surface area contributed by atoms with Crippen LogP contribution >= 0.6 is 0 Å². The van der Waals surface area contributed by atoms with Gasteiger partial charge in [-0.15, -0.1) is 0 Å². The Morgan fingerprint density at radius 3 is 2.04 bits per heavy atom. The predicted octanol–water partition coefficient (Wildman–Crippen LogP) is 5.21. The number of methoxy groups -OCH3 is 1. The number of sulfonamides is 1. The highest BCUT2D eigenvalue weighted by Crippen LogP contribution is 2.24. The van der Waals surface area contributed by atoms with E-state index < -0.39 is 28.5 Å². The van der Waals surface area contributed by atoms with Crippen molar-refractivity contribution in [3.63, 3.8) is 0 Å². The lowest BCUT2D eigenvalue weighted by Gasteiger charge is -2.33. The smallest absolute Gasteiger partial charge is 0.244 e. The number of benzene rings is 4. The molecule has 0 bridgehead atoms. The topological polar surface area (TPSA) is 105 Å². The number of hydrogen-bond acceptors (Lipinski definition) is 6. The van der Waals surface area contributed by atoms with Crippen LogP contribution < -0.4 is 19.1 Å². The van der Waals surface area contributed by atoms with Gasteiger partial charge in [-0.25, -0.2) is 8.42 Å². The van der Waals surface area contributed by atoms with E-state index in [1.165, 1.54) is 4.90 Å². The first-order chi connectivity index (χ1) is 22.2. The molecule has 0 saturated carbocycles. The lowest BCUT2D eigenvalue weighted by Crippen LogP contribution is -2.53. The second-order valence-electron chi connectivity index (χ2n) is 10.9. The summed E-state index contributed by atoms with van der Waals surface area (Å²) in [6.07, 6.45) is 2.03. The van der Waals surface area contributed by atoms with Crippen molar-refractivity contribution in [2.45, 2.75) is 39.0 Å². The summed E-state index contributed by atoms with van der Waals surface area (Å²) in [5.74, 6) is 0.327. The first kappa shape index (κ1) is 34.1. The summed E-state index contributed by atoms with van der Waals surface area (Å²) >= 11 is 0. The van der Waals surface area contributed by atoms with Crippen molar-refractivity contribution in [3.8, 4) is 11.5 Å². The first-order valence-electron chi connectivity index (χ1n) is 15.2. The summed E-state index contributed by atoms with van der Waals surface area (Å²) in [5.41, 5.74) is 2.91. The summed E-state index contributed by atoms with van der Waals surface area (Å²) in [6.45, 7) is 2.32. The molecule has 46 heavy (non-hydrogen) atoms. The van der Waals surface area contributed by atoms with Crippen molar-refractivity contribution in [3.05, 3.63) is 126 Å². The van der Waals surface area contributed by atoms with Gasteiger partial charge < -0.3 is 19.7 Å². The maximum Gasteiger partial charge on any atom is 0.244 e. The molecule has 1 N–H and O–H groups in total. The number of carbonyl (C=O) groups excluding carboxylic acids is 2. The van der Waals surface area contributed by atoms with E-state index >= 15 is 0 Å². The van der Waals surface area contributed by atoms with E-state index in [9.17, 15) is 18.0 Å². The van der Waals surface area contributed by atoms with Gasteiger partial charge in [-0.1, -0.05) is 79.7 Å². The maximum atomic E-state index is 14.3. The average Bonchev–Trinajstić information content (AvgIpc) is 3.07. The summed E-state index contributed by atoms with van der Waals surface area (Å²) in [5, 5.41) is 2.94. The third-order valence-electron chi connectivity index (χ3n) is 7.36.